The first-order valence-corrected chi connectivity index (χ1v) is 11.1. The Bertz CT molecular complexity index is 837. The van der Waals surface area contributed by atoms with E-state index in [4.69, 9.17) is 28.9 Å². The highest BCUT2D eigenvalue weighted by Gasteiger charge is 2.20. The topological polar surface area (TPSA) is 58.4 Å². The van der Waals surface area contributed by atoms with Gasteiger partial charge in [0.25, 0.3) is 0 Å². The predicted octanol–water partition coefficient (Wildman–Crippen LogP) is 6.66. The number of para-hydroxylation sites is 1. The molecule has 0 spiro atoms. The second kappa shape index (κ2) is 10.3. The van der Waals surface area contributed by atoms with Gasteiger partial charge >= 0.3 is 6.03 Å². The van der Waals surface area contributed by atoms with Crippen LogP contribution in [0.5, 0.6) is 0 Å². The lowest BCUT2D eigenvalue weighted by molar-refractivity contribution is 0.256. The summed E-state index contributed by atoms with van der Waals surface area (Å²) in [6.45, 7) is 2.90. The van der Waals surface area contributed by atoms with E-state index in [1.54, 1.807) is 18.2 Å². The van der Waals surface area contributed by atoms with Crippen LogP contribution in [0.1, 0.15) is 51.0 Å². The Hall–Kier alpha value is -1.75. The maximum Gasteiger partial charge on any atom is 0.323 e. The summed E-state index contributed by atoms with van der Waals surface area (Å²) < 4.78 is 0. The number of nitrogens with zero attached hydrogens (tertiary/aromatic N) is 1. The zero-order valence-corrected chi connectivity index (χ0v) is 18.3. The normalized spacial score (nSPS) is 15.8. The zero-order chi connectivity index (χ0) is 20.8. The number of amides is 2. The molecule has 4 nitrogen and oxygen atoms in total. The zero-order valence-electron chi connectivity index (χ0n) is 16.8. The van der Waals surface area contributed by atoms with Gasteiger partial charge in [-0.25, -0.2) is 4.79 Å². The summed E-state index contributed by atoms with van der Waals surface area (Å²) in [5.41, 5.74) is 8.07. The number of nitrogens with one attached hydrogen (secondary N) is 1. The van der Waals surface area contributed by atoms with Gasteiger partial charge < -0.3 is 11.1 Å². The van der Waals surface area contributed by atoms with Gasteiger partial charge in [-0.1, -0.05) is 73.5 Å². The maximum atomic E-state index is 12.3. The molecular weight excluding hydrogens is 405 g/mol. The molecule has 3 N–H and O–H groups in total. The van der Waals surface area contributed by atoms with Crippen molar-refractivity contribution in [3.63, 3.8) is 0 Å². The van der Waals surface area contributed by atoms with E-state index in [1.807, 2.05) is 24.3 Å². The third-order valence-electron chi connectivity index (χ3n) is 5.67. The van der Waals surface area contributed by atoms with Crippen molar-refractivity contribution < 1.29 is 4.79 Å². The molecule has 29 heavy (non-hydrogen) atoms. The van der Waals surface area contributed by atoms with Gasteiger partial charge in [0, 0.05) is 12.6 Å². The molecule has 0 aromatic heterocycles. The predicted molar refractivity (Wildman–Crippen MR) is 122 cm³/mol. The van der Waals surface area contributed by atoms with Gasteiger partial charge in [-0.15, -0.1) is 0 Å². The summed E-state index contributed by atoms with van der Waals surface area (Å²) in [7, 11) is 0. The highest BCUT2D eigenvalue weighted by molar-refractivity contribution is 6.42. The number of halogens is 2. The standard InChI is InChI=1S/C23H29Cl2N3O/c1-16(13-17-7-3-2-4-8-17)27-15-18-9-5-6-10-22(18)28(23(26)29)19-11-12-20(24)21(25)14-19/h5-6,9-12,14,16-17,27H,2-4,7-8,13,15H2,1H3,(H2,26,29). The van der Waals surface area contributed by atoms with Crippen LogP contribution in [0.25, 0.3) is 0 Å². The van der Waals surface area contributed by atoms with E-state index >= 15 is 0 Å². The molecule has 2 amide bonds. The molecule has 2 aromatic carbocycles. The van der Waals surface area contributed by atoms with Crippen LogP contribution in [0.4, 0.5) is 16.2 Å². The minimum atomic E-state index is -0.564. The molecule has 1 atom stereocenters. The minimum absolute atomic E-state index is 0.382. The Labute approximate surface area is 183 Å². The third kappa shape index (κ3) is 5.88. The van der Waals surface area contributed by atoms with Crippen molar-refractivity contribution in [1.29, 1.82) is 0 Å². The Kier molecular flexibility index (Phi) is 7.82. The molecule has 6 heteroatoms. The van der Waals surface area contributed by atoms with Gasteiger partial charge in [0.1, 0.15) is 0 Å². The maximum absolute atomic E-state index is 12.3. The fraction of sp³-hybridized carbons (Fsp3) is 0.435. The average Bonchev–Trinajstić information content (AvgIpc) is 2.70. The number of nitrogens with two attached hydrogens (primary N) is 1. The molecule has 156 valence electrons. The molecule has 1 unspecified atom stereocenters. The quantitative estimate of drug-likeness (QED) is 0.512. The largest absolute Gasteiger partial charge is 0.351 e. The van der Waals surface area contributed by atoms with Gasteiger partial charge in [-0.05, 0) is 49.1 Å². The van der Waals surface area contributed by atoms with Crippen LogP contribution in [0.2, 0.25) is 10.0 Å². The van der Waals surface area contributed by atoms with Crippen molar-refractivity contribution in [2.45, 2.75) is 58.0 Å². The number of rotatable bonds is 7. The lowest BCUT2D eigenvalue weighted by Gasteiger charge is -2.27. The van der Waals surface area contributed by atoms with Crippen LogP contribution in [-0.2, 0) is 6.54 Å². The first-order valence-electron chi connectivity index (χ1n) is 10.3. The SMILES string of the molecule is CC(CC1CCCCC1)NCc1ccccc1N(C(N)=O)c1ccc(Cl)c(Cl)c1. The molecule has 2 aromatic rings. The van der Waals surface area contributed by atoms with Crippen molar-refractivity contribution >= 4 is 40.6 Å². The first-order chi connectivity index (χ1) is 14.0. The minimum Gasteiger partial charge on any atom is -0.351 e. The number of hydrogen-bond donors (Lipinski definition) is 2. The Morgan fingerprint density at radius 3 is 2.55 bits per heavy atom. The fourth-order valence-corrected chi connectivity index (χ4v) is 4.47. The summed E-state index contributed by atoms with van der Waals surface area (Å²) in [5.74, 6) is 0.819. The van der Waals surface area contributed by atoms with Crippen LogP contribution in [-0.4, -0.2) is 12.1 Å². The monoisotopic (exact) mass is 433 g/mol. The molecule has 1 aliphatic rings. The van der Waals surface area contributed by atoms with Crippen molar-refractivity contribution in [2.24, 2.45) is 11.7 Å². The fourth-order valence-electron chi connectivity index (χ4n) is 4.18. The van der Waals surface area contributed by atoms with Crippen LogP contribution in [0.15, 0.2) is 42.5 Å². The number of benzene rings is 2. The Morgan fingerprint density at radius 1 is 1.14 bits per heavy atom. The molecule has 0 heterocycles. The van der Waals surface area contributed by atoms with E-state index in [0.717, 1.165) is 17.2 Å². The van der Waals surface area contributed by atoms with Crippen LogP contribution in [0.3, 0.4) is 0 Å². The summed E-state index contributed by atoms with van der Waals surface area (Å²) in [6, 6.07) is 12.7. The van der Waals surface area contributed by atoms with E-state index in [2.05, 4.69) is 12.2 Å². The first kappa shape index (κ1) is 21.9. The van der Waals surface area contributed by atoms with E-state index in [0.29, 0.717) is 28.3 Å². The van der Waals surface area contributed by atoms with Crippen LogP contribution < -0.4 is 16.0 Å². The van der Waals surface area contributed by atoms with Crippen LogP contribution in [0, 0.1) is 5.92 Å². The molecule has 3 rings (SSSR count). The Balaban J connectivity index is 1.75. The third-order valence-corrected chi connectivity index (χ3v) is 6.41. The van der Waals surface area contributed by atoms with Crippen molar-refractivity contribution in [2.75, 3.05) is 4.90 Å². The number of carbonyl (C=O) groups excluding carboxylic acids is 1. The van der Waals surface area contributed by atoms with Crippen molar-refractivity contribution in [3.05, 3.63) is 58.1 Å². The van der Waals surface area contributed by atoms with Crippen LogP contribution >= 0.6 is 23.2 Å². The average molecular weight is 434 g/mol. The molecule has 0 saturated heterocycles. The van der Waals surface area contributed by atoms with Gasteiger partial charge in [0.2, 0.25) is 0 Å². The highest BCUT2D eigenvalue weighted by Crippen LogP contribution is 2.33. The number of urea groups is 1. The number of anilines is 2. The van der Waals surface area contributed by atoms with Gasteiger partial charge in [-0.3, -0.25) is 4.90 Å². The summed E-state index contributed by atoms with van der Waals surface area (Å²) in [6.07, 6.45) is 7.97. The van der Waals surface area contributed by atoms with Crippen molar-refractivity contribution in [1.82, 2.24) is 5.32 Å². The lowest BCUT2D eigenvalue weighted by atomic mass is 9.85. The molecule has 0 aliphatic heterocycles. The molecular formula is C23H29Cl2N3O. The second-order valence-electron chi connectivity index (χ2n) is 7.92. The smallest absolute Gasteiger partial charge is 0.323 e. The van der Waals surface area contributed by atoms with Gasteiger partial charge in [-0.2, -0.15) is 0 Å². The van der Waals surface area contributed by atoms with Crippen molar-refractivity contribution in [3.8, 4) is 0 Å². The summed E-state index contributed by atoms with van der Waals surface area (Å²) in [4.78, 5) is 13.8. The second-order valence-corrected chi connectivity index (χ2v) is 8.74. The van der Waals surface area contributed by atoms with E-state index in [-0.39, 0.29) is 0 Å². The molecule has 1 fully saturated rings. The highest BCUT2D eigenvalue weighted by atomic mass is 35.5. The van der Waals surface area contributed by atoms with E-state index in [9.17, 15) is 4.79 Å². The molecule has 1 saturated carbocycles. The summed E-state index contributed by atoms with van der Waals surface area (Å²) >= 11 is 12.2. The number of primary amides is 1. The summed E-state index contributed by atoms with van der Waals surface area (Å²) in [5, 5.41) is 4.44. The van der Waals surface area contributed by atoms with E-state index < -0.39 is 6.03 Å². The van der Waals surface area contributed by atoms with E-state index in [1.165, 1.54) is 43.4 Å². The molecule has 0 bridgehead atoms. The number of hydrogen-bond acceptors (Lipinski definition) is 2. The number of carbonyl (C=O) groups is 1. The van der Waals surface area contributed by atoms with Gasteiger partial charge in [0.15, 0.2) is 0 Å². The lowest BCUT2D eigenvalue weighted by Crippen LogP contribution is -2.33. The van der Waals surface area contributed by atoms with Gasteiger partial charge in [0.05, 0.1) is 21.4 Å². The molecule has 1 aliphatic carbocycles. The Morgan fingerprint density at radius 2 is 1.86 bits per heavy atom. The molecule has 0 radical (unpaired) electrons.